The number of rotatable bonds is 4. The van der Waals surface area contributed by atoms with Crippen molar-refractivity contribution >= 4 is 21.6 Å². The second-order valence-electron chi connectivity index (χ2n) is 4.37. The fraction of sp³-hybridized carbons (Fsp3) is 0.200. The van der Waals surface area contributed by atoms with Gasteiger partial charge in [0, 0.05) is 22.3 Å². The third-order valence-electron chi connectivity index (χ3n) is 2.81. The van der Waals surface area contributed by atoms with E-state index in [1.165, 1.54) is 5.56 Å². The summed E-state index contributed by atoms with van der Waals surface area (Å²) in [4.78, 5) is 0. The molecule has 3 nitrogen and oxygen atoms in total. The van der Waals surface area contributed by atoms with Gasteiger partial charge in [-0.1, -0.05) is 15.9 Å². The molecule has 0 amide bonds. The largest absolute Gasteiger partial charge is 0.508 e. The van der Waals surface area contributed by atoms with Gasteiger partial charge in [-0.05, 0) is 48.9 Å². The molecule has 0 heterocycles. The summed E-state index contributed by atoms with van der Waals surface area (Å²) in [5, 5.41) is 13.1. The molecule has 0 aromatic heterocycles. The first-order chi connectivity index (χ1) is 9.08. The van der Waals surface area contributed by atoms with Gasteiger partial charge >= 0.3 is 0 Å². The maximum Gasteiger partial charge on any atom is 0.120 e. The summed E-state index contributed by atoms with van der Waals surface area (Å²) in [6.45, 7) is 2.58. The van der Waals surface area contributed by atoms with Gasteiger partial charge in [-0.2, -0.15) is 0 Å². The zero-order valence-corrected chi connectivity index (χ0v) is 12.5. The lowest BCUT2D eigenvalue weighted by Crippen LogP contribution is -2.00. The molecular formula is C15H16BrNO2. The zero-order chi connectivity index (χ0) is 13.8. The van der Waals surface area contributed by atoms with Gasteiger partial charge in [0.2, 0.25) is 0 Å². The Kier molecular flexibility index (Phi) is 4.32. The molecule has 0 aliphatic heterocycles. The molecular weight excluding hydrogens is 306 g/mol. The summed E-state index contributed by atoms with van der Waals surface area (Å²) >= 11 is 3.47. The lowest BCUT2D eigenvalue weighted by molar-refractivity contribution is 0.411. The van der Waals surface area contributed by atoms with Crippen LogP contribution in [0, 0.1) is 6.92 Å². The van der Waals surface area contributed by atoms with E-state index in [0.717, 1.165) is 21.5 Å². The monoisotopic (exact) mass is 321 g/mol. The summed E-state index contributed by atoms with van der Waals surface area (Å²) in [5.74, 6) is 1.00. The summed E-state index contributed by atoms with van der Waals surface area (Å²) in [6.07, 6.45) is 0. The summed E-state index contributed by atoms with van der Waals surface area (Å²) in [7, 11) is 1.61. The minimum atomic E-state index is 0.264. The molecule has 0 spiro atoms. The number of hydrogen-bond donors (Lipinski definition) is 2. The highest BCUT2D eigenvalue weighted by molar-refractivity contribution is 9.10. The highest BCUT2D eigenvalue weighted by Gasteiger charge is 2.04. The van der Waals surface area contributed by atoms with E-state index < -0.39 is 0 Å². The van der Waals surface area contributed by atoms with Crippen molar-refractivity contribution < 1.29 is 9.84 Å². The second-order valence-corrected chi connectivity index (χ2v) is 5.28. The molecule has 0 aliphatic carbocycles. The van der Waals surface area contributed by atoms with E-state index in [4.69, 9.17) is 4.74 Å². The van der Waals surface area contributed by atoms with Crippen molar-refractivity contribution in [3.63, 3.8) is 0 Å². The van der Waals surface area contributed by atoms with Crippen LogP contribution in [-0.4, -0.2) is 12.2 Å². The predicted molar refractivity (Wildman–Crippen MR) is 80.9 cm³/mol. The number of phenols is 1. The van der Waals surface area contributed by atoms with Crippen molar-refractivity contribution in [2.45, 2.75) is 13.5 Å². The first-order valence-electron chi connectivity index (χ1n) is 5.95. The number of ether oxygens (including phenoxy) is 1. The standard InChI is InChI=1S/C15H16BrNO2/c1-10-5-12(16)8-13(6-10)17-9-11-7-14(19-2)3-4-15(11)18/h3-8,17-18H,9H2,1-2H3. The lowest BCUT2D eigenvalue weighted by Gasteiger charge is -2.11. The number of benzene rings is 2. The minimum Gasteiger partial charge on any atom is -0.508 e. The molecule has 0 atom stereocenters. The van der Waals surface area contributed by atoms with Crippen LogP contribution in [-0.2, 0) is 6.54 Å². The van der Waals surface area contributed by atoms with Crippen LogP contribution in [0.5, 0.6) is 11.5 Å². The van der Waals surface area contributed by atoms with Crippen LogP contribution in [0.1, 0.15) is 11.1 Å². The molecule has 0 unspecified atom stereocenters. The number of hydrogen-bond acceptors (Lipinski definition) is 3. The molecule has 19 heavy (non-hydrogen) atoms. The molecule has 0 aliphatic rings. The highest BCUT2D eigenvalue weighted by atomic mass is 79.9. The van der Waals surface area contributed by atoms with Crippen LogP contribution in [0.3, 0.4) is 0 Å². The van der Waals surface area contributed by atoms with Crippen molar-refractivity contribution in [3.05, 3.63) is 52.0 Å². The predicted octanol–water partition coefficient (Wildman–Crippen LogP) is 4.08. The number of nitrogens with one attached hydrogen (secondary N) is 1. The number of halogens is 1. The summed E-state index contributed by atoms with van der Waals surface area (Å²) < 4.78 is 6.19. The number of phenolic OH excluding ortho intramolecular Hbond substituents is 1. The first-order valence-corrected chi connectivity index (χ1v) is 6.75. The van der Waals surface area contributed by atoms with Gasteiger partial charge in [0.15, 0.2) is 0 Å². The molecule has 0 fully saturated rings. The van der Waals surface area contributed by atoms with Crippen LogP contribution >= 0.6 is 15.9 Å². The molecule has 0 saturated heterocycles. The van der Waals surface area contributed by atoms with Crippen molar-refractivity contribution in [2.24, 2.45) is 0 Å². The molecule has 2 aromatic rings. The van der Waals surface area contributed by atoms with Crippen LogP contribution in [0.15, 0.2) is 40.9 Å². The molecule has 0 radical (unpaired) electrons. The van der Waals surface area contributed by atoms with Gasteiger partial charge in [-0.25, -0.2) is 0 Å². The quantitative estimate of drug-likeness (QED) is 0.891. The van der Waals surface area contributed by atoms with Gasteiger partial charge in [-0.3, -0.25) is 0 Å². The van der Waals surface area contributed by atoms with Gasteiger partial charge in [0.25, 0.3) is 0 Å². The fourth-order valence-corrected chi connectivity index (χ4v) is 2.47. The van der Waals surface area contributed by atoms with E-state index >= 15 is 0 Å². The van der Waals surface area contributed by atoms with E-state index in [1.807, 2.05) is 25.1 Å². The lowest BCUT2D eigenvalue weighted by atomic mass is 10.1. The Bertz CT molecular complexity index is 564. The summed E-state index contributed by atoms with van der Waals surface area (Å²) in [5.41, 5.74) is 2.98. The van der Waals surface area contributed by atoms with Gasteiger partial charge in [-0.15, -0.1) is 0 Å². The minimum absolute atomic E-state index is 0.264. The van der Waals surface area contributed by atoms with E-state index in [-0.39, 0.29) is 5.75 Å². The van der Waals surface area contributed by atoms with Gasteiger partial charge in [0.05, 0.1) is 7.11 Å². The smallest absolute Gasteiger partial charge is 0.120 e. The van der Waals surface area contributed by atoms with E-state index in [2.05, 4.69) is 27.3 Å². The van der Waals surface area contributed by atoms with Crippen LogP contribution in [0.4, 0.5) is 5.69 Å². The molecule has 2 N–H and O–H groups in total. The Balaban J connectivity index is 2.13. The Labute approximate surface area is 121 Å². The Morgan fingerprint density at radius 2 is 2.00 bits per heavy atom. The van der Waals surface area contributed by atoms with E-state index in [1.54, 1.807) is 19.2 Å². The van der Waals surface area contributed by atoms with Crippen LogP contribution in [0.25, 0.3) is 0 Å². The zero-order valence-electron chi connectivity index (χ0n) is 10.9. The van der Waals surface area contributed by atoms with Crippen LogP contribution in [0.2, 0.25) is 0 Å². The van der Waals surface area contributed by atoms with E-state index in [9.17, 15) is 5.11 Å². The molecule has 100 valence electrons. The van der Waals surface area contributed by atoms with Crippen molar-refractivity contribution in [3.8, 4) is 11.5 Å². The third kappa shape index (κ3) is 3.64. The number of aryl methyl sites for hydroxylation is 1. The molecule has 4 heteroatoms. The maximum absolute atomic E-state index is 9.81. The Hall–Kier alpha value is -1.68. The normalized spacial score (nSPS) is 10.3. The Morgan fingerprint density at radius 3 is 2.68 bits per heavy atom. The topological polar surface area (TPSA) is 41.5 Å². The summed E-state index contributed by atoms with van der Waals surface area (Å²) in [6, 6.07) is 11.3. The van der Waals surface area contributed by atoms with Gasteiger partial charge < -0.3 is 15.2 Å². The average Bonchev–Trinajstić information content (AvgIpc) is 2.37. The van der Waals surface area contributed by atoms with Gasteiger partial charge in [0.1, 0.15) is 11.5 Å². The second kappa shape index (κ2) is 5.97. The molecule has 2 aromatic carbocycles. The van der Waals surface area contributed by atoms with E-state index in [0.29, 0.717) is 6.54 Å². The van der Waals surface area contributed by atoms with Crippen molar-refractivity contribution in [1.29, 1.82) is 0 Å². The first kappa shape index (κ1) is 13.7. The Morgan fingerprint density at radius 1 is 1.21 bits per heavy atom. The maximum atomic E-state index is 9.81. The third-order valence-corrected chi connectivity index (χ3v) is 3.27. The van der Waals surface area contributed by atoms with Crippen molar-refractivity contribution in [1.82, 2.24) is 0 Å². The molecule has 0 bridgehead atoms. The SMILES string of the molecule is COc1ccc(O)c(CNc2cc(C)cc(Br)c2)c1. The average molecular weight is 322 g/mol. The van der Waals surface area contributed by atoms with Crippen LogP contribution < -0.4 is 10.1 Å². The fourth-order valence-electron chi connectivity index (χ4n) is 1.87. The number of anilines is 1. The molecule has 2 rings (SSSR count). The van der Waals surface area contributed by atoms with Crippen molar-refractivity contribution in [2.75, 3.05) is 12.4 Å². The molecule has 0 saturated carbocycles. The number of methoxy groups -OCH3 is 1. The highest BCUT2D eigenvalue weighted by Crippen LogP contribution is 2.25. The number of aromatic hydroxyl groups is 1.